The lowest BCUT2D eigenvalue weighted by Gasteiger charge is -2.10. The molecule has 34 heavy (non-hydrogen) atoms. The van der Waals surface area contributed by atoms with Crippen molar-refractivity contribution < 1.29 is 27.1 Å². The van der Waals surface area contributed by atoms with E-state index in [0.29, 0.717) is 18.0 Å². The van der Waals surface area contributed by atoms with Gasteiger partial charge in [0.1, 0.15) is 18.2 Å². The van der Waals surface area contributed by atoms with Gasteiger partial charge in [0.05, 0.1) is 18.6 Å². The molecule has 0 radical (unpaired) electrons. The SMILES string of the molecule is COc1cccc(S(=O)(=O)Nc2ccc(CCCNC(=O)COCc3ccc(F)cc3)cc2)c1. The first kappa shape index (κ1) is 25.2. The number of rotatable bonds is 12. The first-order valence-electron chi connectivity index (χ1n) is 10.7. The minimum atomic E-state index is -3.72. The fraction of sp³-hybridized carbons (Fsp3) is 0.240. The summed E-state index contributed by atoms with van der Waals surface area (Å²) in [6.45, 7) is 0.657. The molecular formula is C25H27FN2O5S. The van der Waals surface area contributed by atoms with Gasteiger partial charge in [-0.3, -0.25) is 9.52 Å². The Bertz CT molecular complexity index is 1180. The van der Waals surface area contributed by atoms with Gasteiger partial charge >= 0.3 is 0 Å². The van der Waals surface area contributed by atoms with Crippen LogP contribution < -0.4 is 14.8 Å². The first-order chi connectivity index (χ1) is 16.4. The highest BCUT2D eigenvalue weighted by atomic mass is 32.2. The zero-order chi connectivity index (χ0) is 24.4. The number of anilines is 1. The molecule has 0 heterocycles. The van der Waals surface area contributed by atoms with Crippen LogP contribution in [0.4, 0.5) is 10.1 Å². The number of halogens is 1. The number of sulfonamides is 1. The maximum absolute atomic E-state index is 12.9. The smallest absolute Gasteiger partial charge is 0.262 e. The summed E-state index contributed by atoms with van der Waals surface area (Å²) < 4.78 is 51.0. The molecule has 0 bridgehead atoms. The van der Waals surface area contributed by atoms with E-state index in [0.717, 1.165) is 24.0 Å². The highest BCUT2D eigenvalue weighted by Gasteiger charge is 2.15. The molecule has 0 saturated heterocycles. The number of aryl methyl sites for hydroxylation is 1. The van der Waals surface area contributed by atoms with Gasteiger partial charge in [0.25, 0.3) is 10.0 Å². The van der Waals surface area contributed by atoms with Gasteiger partial charge in [-0.2, -0.15) is 0 Å². The number of ether oxygens (including phenoxy) is 2. The van der Waals surface area contributed by atoms with E-state index in [9.17, 15) is 17.6 Å². The molecule has 0 unspecified atom stereocenters. The molecule has 0 aliphatic rings. The summed E-state index contributed by atoms with van der Waals surface area (Å²) in [6.07, 6.45) is 1.44. The third-order valence-corrected chi connectivity index (χ3v) is 6.32. The molecule has 3 aromatic rings. The number of nitrogens with one attached hydrogen (secondary N) is 2. The Morgan fingerprint density at radius 3 is 2.38 bits per heavy atom. The fourth-order valence-corrected chi connectivity index (χ4v) is 4.23. The summed E-state index contributed by atoms with van der Waals surface area (Å²) in [5, 5.41) is 2.79. The molecule has 0 fully saturated rings. The molecule has 9 heteroatoms. The van der Waals surface area contributed by atoms with Crippen molar-refractivity contribution in [2.45, 2.75) is 24.3 Å². The zero-order valence-electron chi connectivity index (χ0n) is 18.8. The van der Waals surface area contributed by atoms with Gasteiger partial charge in [0.2, 0.25) is 5.91 Å². The van der Waals surface area contributed by atoms with E-state index < -0.39 is 10.0 Å². The van der Waals surface area contributed by atoms with Crippen molar-refractivity contribution in [3.05, 3.63) is 89.7 Å². The second kappa shape index (κ2) is 12.2. The van der Waals surface area contributed by atoms with Crippen molar-refractivity contribution in [2.24, 2.45) is 0 Å². The largest absolute Gasteiger partial charge is 0.497 e. The minimum absolute atomic E-state index is 0.0699. The summed E-state index contributed by atoms with van der Waals surface area (Å²) in [5.74, 6) is -0.0696. The van der Waals surface area contributed by atoms with E-state index in [-0.39, 0.29) is 29.8 Å². The van der Waals surface area contributed by atoms with Crippen LogP contribution >= 0.6 is 0 Å². The van der Waals surface area contributed by atoms with E-state index in [1.165, 1.54) is 31.4 Å². The molecule has 0 atom stereocenters. The highest BCUT2D eigenvalue weighted by Crippen LogP contribution is 2.20. The molecule has 180 valence electrons. The summed E-state index contributed by atoms with van der Waals surface area (Å²) in [5.41, 5.74) is 2.27. The molecule has 3 rings (SSSR count). The van der Waals surface area contributed by atoms with E-state index >= 15 is 0 Å². The highest BCUT2D eigenvalue weighted by molar-refractivity contribution is 7.92. The van der Waals surface area contributed by atoms with Crippen LogP contribution in [0, 0.1) is 5.82 Å². The third kappa shape index (κ3) is 7.86. The predicted molar refractivity (Wildman–Crippen MR) is 128 cm³/mol. The Morgan fingerprint density at radius 1 is 0.971 bits per heavy atom. The number of hydrogen-bond donors (Lipinski definition) is 2. The number of carbonyl (C=O) groups excluding carboxylic acids is 1. The average molecular weight is 487 g/mol. The molecule has 2 N–H and O–H groups in total. The van der Waals surface area contributed by atoms with Crippen LogP contribution in [0.15, 0.2) is 77.7 Å². The Hall–Kier alpha value is -3.43. The van der Waals surface area contributed by atoms with Crippen LogP contribution in [0.2, 0.25) is 0 Å². The van der Waals surface area contributed by atoms with E-state index in [2.05, 4.69) is 10.0 Å². The lowest BCUT2D eigenvalue weighted by molar-refractivity contribution is -0.126. The first-order valence-corrected chi connectivity index (χ1v) is 12.2. The topological polar surface area (TPSA) is 93.7 Å². The maximum Gasteiger partial charge on any atom is 0.262 e. The monoisotopic (exact) mass is 486 g/mol. The molecule has 1 amide bonds. The van der Waals surface area contributed by atoms with Crippen LogP contribution in [-0.2, 0) is 32.6 Å². The summed E-state index contributed by atoms with van der Waals surface area (Å²) in [6, 6.07) is 19.3. The van der Waals surface area contributed by atoms with Gasteiger partial charge < -0.3 is 14.8 Å². The van der Waals surface area contributed by atoms with Crippen LogP contribution in [0.5, 0.6) is 5.75 Å². The van der Waals surface area contributed by atoms with Crippen molar-refractivity contribution in [1.29, 1.82) is 0 Å². The van der Waals surface area contributed by atoms with Crippen molar-refractivity contribution in [2.75, 3.05) is 25.0 Å². The standard InChI is InChI=1S/C25H27FN2O5S/c1-32-23-5-2-6-24(16-23)34(30,31)28-22-13-9-19(10-14-22)4-3-15-27-25(29)18-33-17-20-7-11-21(26)12-8-20/h2,5-14,16,28H,3-4,15,17-18H2,1H3,(H,27,29). The van der Waals surface area contributed by atoms with Gasteiger partial charge in [-0.25, -0.2) is 12.8 Å². The van der Waals surface area contributed by atoms with E-state index in [1.807, 2.05) is 12.1 Å². The zero-order valence-corrected chi connectivity index (χ0v) is 19.6. The summed E-state index contributed by atoms with van der Waals surface area (Å²) >= 11 is 0. The second-order valence-corrected chi connectivity index (χ2v) is 9.24. The quantitative estimate of drug-likeness (QED) is 0.379. The molecule has 3 aromatic carbocycles. The van der Waals surface area contributed by atoms with Crippen molar-refractivity contribution in [3.63, 3.8) is 0 Å². The molecule has 7 nitrogen and oxygen atoms in total. The molecule has 0 aliphatic carbocycles. The second-order valence-electron chi connectivity index (χ2n) is 7.55. The van der Waals surface area contributed by atoms with Crippen LogP contribution in [0.3, 0.4) is 0 Å². The summed E-state index contributed by atoms with van der Waals surface area (Å²) in [7, 11) is -2.24. The summed E-state index contributed by atoms with van der Waals surface area (Å²) in [4.78, 5) is 12.0. The van der Waals surface area contributed by atoms with E-state index in [4.69, 9.17) is 9.47 Å². The van der Waals surface area contributed by atoms with Crippen molar-refractivity contribution >= 4 is 21.6 Å². The number of amides is 1. The molecule has 0 aliphatic heterocycles. The van der Waals surface area contributed by atoms with Crippen LogP contribution in [0.1, 0.15) is 17.5 Å². The minimum Gasteiger partial charge on any atom is -0.497 e. The maximum atomic E-state index is 12.9. The predicted octanol–water partition coefficient (Wildman–Crippen LogP) is 3.90. The Morgan fingerprint density at radius 2 is 1.68 bits per heavy atom. The lowest BCUT2D eigenvalue weighted by atomic mass is 10.1. The molecule has 0 aromatic heterocycles. The number of methoxy groups -OCH3 is 1. The van der Waals surface area contributed by atoms with Gasteiger partial charge in [-0.05, 0) is 60.4 Å². The van der Waals surface area contributed by atoms with Crippen LogP contribution in [0.25, 0.3) is 0 Å². The molecular weight excluding hydrogens is 459 g/mol. The Balaban J connectivity index is 1.37. The van der Waals surface area contributed by atoms with Crippen LogP contribution in [-0.4, -0.2) is 34.6 Å². The third-order valence-electron chi connectivity index (χ3n) is 4.94. The van der Waals surface area contributed by atoms with Gasteiger partial charge in [0, 0.05) is 18.3 Å². The van der Waals surface area contributed by atoms with Gasteiger partial charge in [0.15, 0.2) is 0 Å². The van der Waals surface area contributed by atoms with Crippen molar-refractivity contribution in [1.82, 2.24) is 5.32 Å². The Kier molecular flexibility index (Phi) is 9.00. The normalized spacial score (nSPS) is 11.1. The van der Waals surface area contributed by atoms with Gasteiger partial charge in [-0.1, -0.05) is 30.3 Å². The number of carbonyl (C=O) groups is 1. The fourth-order valence-electron chi connectivity index (χ4n) is 3.14. The average Bonchev–Trinajstić information content (AvgIpc) is 2.84. The van der Waals surface area contributed by atoms with Gasteiger partial charge in [-0.15, -0.1) is 0 Å². The lowest BCUT2D eigenvalue weighted by Crippen LogP contribution is -2.28. The van der Waals surface area contributed by atoms with E-state index in [1.54, 1.807) is 36.4 Å². The Labute approximate surface area is 199 Å². The number of hydrogen-bond acceptors (Lipinski definition) is 5. The molecule has 0 saturated carbocycles. The molecule has 0 spiro atoms. The van der Waals surface area contributed by atoms with Crippen molar-refractivity contribution in [3.8, 4) is 5.75 Å². The number of benzene rings is 3.